The first-order chi connectivity index (χ1) is 16.7. The Morgan fingerprint density at radius 1 is 1.20 bits per heavy atom. The molecule has 2 aromatic carbocycles. The normalized spacial score (nSPS) is 22.1. The summed E-state index contributed by atoms with van der Waals surface area (Å²) >= 11 is 6.69. The highest BCUT2D eigenvalue weighted by molar-refractivity contribution is 6.32. The van der Waals surface area contributed by atoms with E-state index in [4.69, 9.17) is 21.1 Å². The first-order valence-electron chi connectivity index (χ1n) is 12.7. The number of benzene rings is 2. The van der Waals surface area contributed by atoms with Gasteiger partial charge in [-0.3, -0.25) is 0 Å². The molecular formula is C30H39ClO4. The molecule has 2 aromatic rings. The van der Waals surface area contributed by atoms with Crippen molar-refractivity contribution in [3.8, 4) is 5.75 Å². The van der Waals surface area contributed by atoms with E-state index >= 15 is 0 Å². The van der Waals surface area contributed by atoms with E-state index in [2.05, 4.69) is 37.8 Å². The van der Waals surface area contributed by atoms with Crippen molar-refractivity contribution in [1.29, 1.82) is 0 Å². The van der Waals surface area contributed by atoms with Crippen molar-refractivity contribution in [3.63, 3.8) is 0 Å². The quantitative estimate of drug-likeness (QED) is 0.250. The molecule has 4 nitrogen and oxygen atoms in total. The predicted octanol–water partition coefficient (Wildman–Crippen LogP) is 8.20. The third-order valence-electron chi connectivity index (χ3n) is 7.17. The first-order valence-corrected chi connectivity index (χ1v) is 13.1. The van der Waals surface area contributed by atoms with Crippen LogP contribution in [0.15, 0.2) is 48.6 Å². The fourth-order valence-electron chi connectivity index (χ4n) is 5.30. The van der Waals surface area contributed by atoms with Gasteiger partial charge in [0.05, 0.1) is 12.2 Å². The van der Waals surface area contributed by atoms with Gasteiger partial charge in [0.1, 0.15) is 5.75 Å². The summed E-state index contributed by atoms with van der Waals surface area (Å²) in [6, 6.07) is 12.5. The highest BCUT2D eigenvalue weighted by atomic mass is 35.5. The van der Waals surface area contributed by atoms with Crippen LogP contribution in [-0.2, 0) is 9.53 Å². The lowest BCUT2D eigenvalue weighted by molar-refractivity contribution is -0.139. The van der Waals surface area contributed by atoms with E-state index in [1.54, 1.807) is 0 Å². The maximum atomic E-state index is 11.3. The second kappa shape index (κ2) is 12.6. The van der Waals surface area contributed by atoms with Crippen molar-refractivity contribution >= 4 is 17.6 Å². The second-order valence-electron chi connectivity index (χ2n) is 9.88. The van der Waals surface area contributed by atoms with Crippen molar-refractivity contribution < 1.29 is 19.4 Å². The number of aryl methyl sites for hydroxylation is 1. The number of hydrogen-bond donors (Lipinski definition) is 1. The van der Waals surface area contributed by atoms with Gasteiger partial charge in [-0.05, 0) is 56.4 Å². The van der Waals surface area contributed by atoms with Crippen LogP contribution in [0.5, 0.6) is 5.75 Å². The van der Waals surface area contributed by atoms with E-state index in [1.165, 1.54) is 24.8 Å². The molecule has 1 saturated heterocycles. The molecule has 0 amide bonds. The smallest absolute Gasteiger partial charge is 0.341 e. The molecule has 4 atom stereocenters. The third kappa shape index (κ3) is 6.68. The fraction of sp³-hybridized carbons (Fsp3) is 0.500. The molecule has 0 radical (unpaired) electrons. The largest absolute Gasteiger partial charge is 0.482 e. The van der Waals surface area contributed by atoms with Crippen molar-refractivity contribution in [1.82, 2.24) is 0 Å². The lowest BCUT2D eigenvalue weighted by Gasteiger charge is -2.44. The number of aliphatic carboxylic acids is 1. The van der Waals surface area contributed by atoms with Crippen LogP contribution in [0.3, 0.4) is 0 Å². The molecule has 1 N–H and O–H groups in total. The summed E-state index contributed by atoms with van der Waals surface area (Å²) in [6.45, 7) is 12.1. The fourth-order valence-corrected chi connectivity index (χ4v) is 5.45. The minimum Gasteiger partial charge on any atom is -0.482 e. The average molecular weight is 499 g/mol. The summed E-state index contributed by atoms with van der Waals surface area (Å²) in [5, 5.41) is 9.92. The van der Waals surface area contributed by atoms with Crippen LogP contribution in [0.4, 0.5) is 0 Å². The molecule has 0 saturated carbocycles. The van der Waals surface area contributed by atoms with Crippen LogP contribution >= 0.6 is 11.6 Å². The van der Waals surface area contributed by atoms with Crippen LogP contribution in [0, 0.1) is 19.8 Å². The summed E-state index contributed by atoms with van der Waals surface area (Å²) in [6.07, 6.45) is 6.35. The molecule has 0 bridgehead atoms. The van der Waals surface area contributed by atoms with Gasteiger partial charge in [0.2, 0.25) is 0 Å². The maximum absolute atomic E-state index is 11.3. The SMILES string of the molecule is C=C(C)[C@H]1C[C@H](c2ccccc2)[C@H](CCCCCC)O[C@@H]1c1c(OCC(=O)O)cc(C)c(Cl)c1C. The average Bonchev–Trinajstić information content (AvgIpc) is 2.84. The van der Waals surface area contributed by atoms with Crippen molar-refractivity contribution in [2.45, 2.75) is 84.3 Å². The van der Waals surface area contributed by atoms with Gasteiger partial charge in [-0.2, -0.15) is 0 Å². The number of hydrogen-bond acceptors (Lipinski definition) is 3. The molecule has 190 valence electrons. The summed E-state index contributed by atoms with van der Waals surface area (Å²) < 4.78 is 12.8. The molecule has 0 spiro atoms. The minimum atomic E-state index is -1.01. The van der Waals surface area contributed by atoms with E-state index in [9.17, 15) is 9.90 Å². The molecule has 1 fully saturated rings. The molecule has 5 heteroatoms. The van der Waals surface area contributed by atoms with Crippen molar-refractivity contribution in [3.05, 3.63) is 75.8 Å². The molecule has 0 unspecified atom stereocenters. The van der Waals surface area contributed by atoms with Crippen LogP contribution in [0.2, 0.25) is 5.02 Å². The van der Waals surface area contributed by atoms with Gasteiger partial charge >= 0.3 is 5.97 Å². The molecule has 1 aliphatic rings. The summed E-state index contributed by atoms with van der Waals surface area (Å²) in [5.74, 6) is -0.164. The highest BCUT2D eigenvalue weighted by Crippen LogP contribution is 2.51. The van der Waals surface area contributed by atoms with E-state index in [0.717, 1.165) is 41.5 Å². The number of carbonyl (C=O) groups is 1. The van der Waals surface area contributed by atoms with Gasteiger partial charge in [-0.25, -0.2) is 4.79 Å². The van der Waals surface area contributed by atoms with E-state index in [-0.39, 0.29) is 24.0 Å². The number of unbranched alkanes of at least 4 members (excludes halogenated alkanes) is 3. The van der Waals surface area contributed by atoms with Gasteiger partial charge in [0.25, 0.3) is 0 Å². The molecule has 1 aliphatic heterocycles. The summed E-state index contributed by atoms with van der Waals surface area (Å²) in [4.78, 5) is 11.3. The van der Waals surface area contributed by atoms with Gasteiger partial charge in [-0.1, -0.05) is 86.7 Å². The zero-order valence-corrected chi connectivity index (χ0v) is 22.2. The Morgan fingerprint density at radius 3 is 2.54 bits per heavy atom. The number of carboxylic acid groups (broad SMARTS) is 1. The molecule has 0 aromatic heterocycles. The van der Waals surface area contributed by atoms with Crippen molar-refractivity contribution in [2.24, 2.45) is 5.92 Å². The number of halogens is 1. The molecule has 3 rings (SSSR count). The van der Waals surface area contributed by atoms with E-state index in [0.29, 0.717) is 10.8 Å². The predicted molar refractivity (Wildman–Crippen MR) is 143 cm³/mol. The highest BCUT2D eigenvalue weighted by Gasteiger charge is 2.41. The Hall–Kier alpha value is -2.30. The van der Waals surface area contributed by atoms with Crippen LogP contribution in [0.25, 0.3) is 0 Å². The van der Waals surface area contributed by atoms with Gasteiger partial charge in [0, 0.05) is 22.4 Å². The monoisotopic (exact) mass is 498 g/mol. The molecule has 0 aliphatic carbocycles. The zero-order chi connectivity index (χ0) is 25.5. The second-order valence-corrected chi connectivity index (χ2v) is 10.3. The van der Waals surface area contributed by atoms with Gasteiger partial charge in [0.15, 0.2) is 6.61 Å². The van der Waals surface area contributed by atoms with Gasteiger partial charge < -0.3 is 14.6 Å². The Morgan fingerprint density at radius 2 is 1.91 bits per heavy atom. The third-order valence-corrected chi connectivity index (χ3v) is 7.76. The molecule has 1 heterocycles. The van der Waals surface area contributed by atoms with Crippen LogP contribution in [-0.4, -0.2) is 23.8 Å². The number of rotatable bonds is 11. The zero-order valence-electron chi connectivity index (χ0n) is 21.5. The summed E-state index contributed by atoms with van der Waals surface area (Å²) in [7, 11) is 0. The lowest BCUT2D eigenvalue weighted by atomic mass is 9.74. The molecular weight excluding hydrogens is 460 g/mol. The first kappa shape index (κ1) is 27.3. The van der Waals surface area contributed by atoms with E-state index < -0.39 is 12.6 Å². The number of ether oxygens (including phenoxy) is 2. The van der Waals surface area contributed by atoms with E-state index in [1.807, 2.05) is 32.9 Å². The summed E-state index contributed by atoms with van der Waals surface area (Å²) in [5.41, 5.74) is 4.92. The standard InChI is InChI=1S/C30H39ClO4/c1-6-7-8-12-15-25-24(22-13-10-9-11-14-22)17-23(19(2)3)30(35-25)28-21(5)29(31)20(4)16-26(28)34-18-27(32)33/h9-11,13-14,16,23-25,30H,2,6-8,12,15,17-18H2,1,3-5H3,(H,32,33)/t23-,24-,25+,30+/m1/s1. The number of carboxylic acids is 1. The Balaban J connectivity index is 2.04. The molecule has 35 heavy (non-hydrogen) atoms. The Kier molecular flexibility index (Phi) is 9.82. The van der Waals surface area contributed by atoms with Crippen molar-refractivity contribution in [2.75, 3.05) is 6.61 Å². The lowest BCUT2D eigenvalue weighted by Crippen LogP contribution is -2.36. The minimum absolute atomic E-state index is 0.0432. The maximum Gasteiger partial charge on any atom is 0.341 e. The van der Waals surface area contributed by atoms with Crippen LogP contribution < -0.4 is 4.74 Å². The topological polar surface area (TPSA) is 55.8 Å². The van der Waals surface area contributed by atoms with Crippen LogP contribution in [0.1, 0.15) is 86.6 Å². The Bertz CT molecular complexity index is 1020. The van der Waals surface area contributed by atoms with Gasteiger partial charge in [-0.15, -0.1) is 0 Å². The Labute approximate surface area is 215 Å².